The van der Waals surface area contributed by atoms with Gasteiger partial charge in [0.15, 0.2) is 0 Å². The second-order valence-electron chi connectivity index (χ2n) is 6.75. The number of rotatable bonds is 4. The van der Waals surface area contributed by atoms with E-state index in [1.165, 1.54) is 4.57 Å². The summed E-state index contributed by atoms with van der Waals surface area (Å²) in [6.45, 7) is 2.40. The molecule has 0 bridgehead atoms. The summed E-state index contributed by atoms with van der Waals surface area (Å²) in [5.41, 5.74) is -0.138. The summed E-state index contributed by atoms with van der Waals surface area (Å²) in [5.74, 6) is -0.0663. The van der Waals surface area contributed by atoms with Gasteiger partial charge in [0.1, 0.15) is 6.54 Å². The first kappa shape index (κ1) is 17.5. The van der Waals surface area contributed by atoms with Crippen molar-refractivity contribution >= 4 is 16.7 Å². The first-order valence-corrected chi connectivity index (χ1v) is 9.16. The Morgan fingerprint density at radius 2 is 2.07 bits per heavy atom. The van der Waals surface area contributed by atoms with Crippen LogP contribution in [0.4, 0.5) is 0 Å². The molecule has 7 heteroatoms. The van der Waals surface area contributed by atoms with E-state index in [2.05, 4.69) is 5.10 Å². The Morgan fingerprint density at radius 3 is 2.93 bits per heavy atom. The highest BCUT2D eigenvalue weighted by molar-refractivity contribution is 5.82. The van der Waals surface area contributed by atoms with Crippen LogP contribution in [0, 0.1) is 0 Å². The van der Waals surface area contributed by atoms with E-state index >= 15 is 0 Å². The van der Waals surface area contributed by atoms with Crippen LogP contribution in [0.2, 0.25) is 0 Å². The molecule has 0 aliphatic carbocycles. The number of fused-ring (bicyclic) bond motifs is 1. The van der Waals surface area contributed by atoms with Crippen molar-refractivity contribution in [1.29, 1.82) is 0 Å². The third kappa shape index (κ3) is 3.93. The number of nitrogens with zero attached hydrogens (tertiary/aromatic N) is 4. The molecule has 1 aromatic carbocycles. The second kappa shape index (κ2) is 7.75. The number of aromatic nitrogens is 3. The molecule has 0 radical (unpaired) electrons. The molecular formula is C20H22N4O3. The molecule has 7 nitrogen and oxygen atoms in total. The standard InChI is InChI=1S/C20H22N4O3/c25-19(15-23-11-7-16-5-1-2-6-18(16)20(23)26)22-9-4-12-27-17(13-22)14-24-10-3-8-21-24/h1-3,5-8,10-11,17H,4,9,12-15H2. The average Bonchev–Trinajstić information content (AvgIpc) is 3.08. The molecule has 1 unspecified atom stereocenters. The lowest BCUT2D eigenvalue weighted by Gasteiger charge is -2.24. The van der Waals surface area contributed by atoms with E-state index in [1.807, 2.05) is 41.2 Å². The summed E-state index contributed by atoms with van der Waals surface area (Å²) >= 11 is 0. The third-order valence-electron chi connectivity index (χ3n) is 4.84. The van der Waals surface area contributed by atoms with Gasteiger partial charge in [0.2, 0.25) is 5.91 Å². The van der Waals surface area contributed by atoms with Gasteiger partial charge in [-0.2, -0.15) is 5.10 Å². The maximum Gasteiger partial charge on any atom is 0.258 e. The van der Waals surface area contributed by atoms with E-state index in [4.69, 9.17) is 4.74 Å². The number of benzene rings is 1. The molecule has 4 rings (SSSR count). The summed E-state index contributed by atoms with van der Waals surface area (Å²) in [6.07, 6.45) is 5.98. The van der Waals surface area contributed by atoms with E-state index in [0.29, 0.717) is 31.6 Å². The van der Waals surface area contributed by atoms with Crippen LogP contribution in [0.3, 0.4) is 0 Å². The van der Waals surface area contributed by atoms with E-state index < -0.39 is 0 Å². The molecule has 1 saturated heterocycles. The molecule has 0 spiro atoms. The molecule has 2 aromatic heterocycles. The van der Waals surface area contributed by atoms with Crippen LogP contribution in [0.15, 0.2) is 59.8 Å². The first-order valence-electron chi connectivity index (χ1n) is 9.16. The van der Waals surface area contributed by atoms with Crippen LogP contribution in [-0.2, 0) is 22.6 Å². The van der Waals surface area contributed by atoms with Gasteiger partial charge in [-0.05, 0) is 30.0 Å². The van der Waals surface area contributed by atoms with Gasteiger partial charge in [-0.3, -0.25) is 14.3 Å². The number of ether oxygens (including phenoxy) is 1. The lowest BCUT2D eigenvalue weighted by atomic mass is 10.2. The Morgan fingerprint density at radius 1 is 1.19 bits per heavy atom. The van der Waals surface area contributed by atoms with Crippen LogP contribution in [0.25, 0.3) is 10.8 Å². The lowest BCUT2D eigenvalue weighted by molar-refractivity contribution is -0.132. The first-order chi connectivity index (χ1) is 13.2. The summed E-state index contributed by atoms with van der Waals surface area (Å²) in [5, 5.41) is 5.72. The van der Waals surface area contributed by atoms with Gasteiger partial charge in [-0.15, -0.1) is 0 Å². The molecule has 3 heterocycles. The quantitative estimate of drug-likeness (QED) is 0.702. The molecule has 1 aliphatic heterocycles. The molecule has 27 heavy (non-hydrogen) atoms. The van der Waals surface area contributed by atoms with Crippen molar-refractivity contribution in [2.75, 3.05) is 19.7 Å². The minimum Gasteiger partial charge on any atom is -0.374 e. The van der Waals surface area contributed by atoms with Crippen molar-refractivity contribution in [3.8, 4) is 0 Å². The fourth-order valence-electron chi connectivity index (χ4n) is 3.45. The fourth-order valence-corrected chi connectivity index (χ4v) is 3.45. The Labute approximate surface area is 156 Å². The van der Waals surface area contributed by atoms with E-state index in [1.54, 1.807) is 23.4 Å². The molecule has 0 saturated carbocycles. The van der Waals surface area contributed by atoms with Crippen molar-refractivity contribution in [3.05, 3.63) is 65.3 Å². The highest BCUT2D eigenvalue weighted by atomic mass is 16.5. The van der Waals surface area contributed by atoms with Gasteiger partial charge >= 0.3 is 0 Å². The molecule has 0 N–H and O–H groups in total. The molecule has 1 amide bonds. The van der Waals surface area contributed by atoms with Gasteiger partial charge in [0, 0.05) is 43.7 Å². The van der Waals surface area contributed by atoms with Crippen LogP contribution in [0.1, 0.15) is 6.42 Å². The zero-order valence-corrected chi connectivity index (χ0v) is 15.0. The van der Waals surface area contributed by atoms with Crippen molar-refractivity contribution in [1.82, 2.24) is 19.2 Å². The van der Waals surface area contributed by atoms with Crippen LogP contribution >= 0.6 is 0 Å². The number of carbonyl (C=O) groups excluding carboxylic acids is 1. The average molecular weight is 366 g/mol. The number of pyridine rings is 1. The zero-order chi connectivity index (χ0) is 18.6. The molecule has 140 valence electrons. The predicted octanol–water partition coefficient (Wildman–Crippen LogP) is 1.52. The van der Waals surface area contributed by atoms with Gasteiger partial charge in [-0.1, -0.05) is 18.2 Å². The van der Waals surface area contributed by atoms with Gasteiger partial charge in [-0.25, -0.2) is 0 Å². The molecule has 1 atom stereocenters. The SMILES string of the molecule is O=C(Cn1ccc2ccccc2c1=O)N1CCCOC(Cn2cccn2)C1. The number of carbonyl (C=O) groups is 1. The molecular weight excluding hydrogens is 344 g/mol. The van der Waals surface area contributed by atoms with E-state index in [9.17, 15) is 9.59 Å². The number of hydrogen-bond acceptors (Lipinski definition) is 4. The van der Waals surface area contributed by atoms with Gasteiger partial charge in [0.05, 0.1) is 12.6 Å². The van der Waals surface area contributed by atoms with Crippen LogP contribution in [-0.4, -0.2) is 51.0 Å². The molecule has 3 aromatic rings. The minimum absolute atomic E-state index is 0.0398. The summed E-state index contributed by atoms with van der Waals surface area (Å²) in [6, 6.07) is 11.2. The second-order valence-corrected chi connectivity index (χ2v) is 6.75. The van der Waals surface area contributed by atoms with Gasteiger partial charge in [0.25, 0.3) is 5.56 Å². The Bertz CT molecular complexity index is 980. The highest BCUT2D eigenvalue weighted by Gasteiger charge is 2.23. The Balaban J connectivity index is 1.48. The predicted molar refractivity (Wildman–Crippen MR) is 101 cm³/mol. The Kier molecular flexibility index (Phi) is 5.02. The number of amides is 1. The number of hydrogen-bond donors (Lipinski definition) is 0. The van der Waals surface area contributed by atoms with Crippen molar-refractivity contribution in [3.63, 3.8) is 0 Å². The maximum atomic E-state index is 12.8. The monoisotopic (exact) mass is 366 g/mol. The highest BCUT2D eigenvalue weighted by Crippen LogP contribution is 2.11. The summed E-state index contributed by atoms with van der Waals surface area (Å²) in [7, 11) is 0. The maximum absolute atomic E-state index is 12.8. The van der Waals surface area contributed by atoms with Crippen LogP contribution < -0.4 is 5.56 Å². The largest absolute Gasteiger partial charge is 0.374 e. The van der Waals surface area contributed by atoms with Crippen molar-refractivity contribution < 1.29 is 9.53 Å². The van der Waals surface area contributed by atoms with Crippen molar-refractivity contribution in [2.24, 2.45) is 0 Å². The molecule has 1 fully saturated rings. The zero-order valence-electron chi connectivity index (χ0n) is 15.0. The van der Waals surface area contributed by atoms with Crippen LogP contribution in [0.5, 0.6) is 0 Å². The summed E-state index contributed by atoms with van der Waals surface area (Å²) < 4.78 is 9.16. The van der Waals surface area contributed by atoms with E-state index in [-0.39, 0.29) is 24.1 Å². The fraction of sp³-hybridized carbons (Fsp3) is 0.350. The topological polar surface area (TPSA) is 69.4 Å². The van der Waals surface area contributed by atoms with E-state index in [0.717, 1.165) is 11.8 Å². The smallest absolute Gasteiger partial charge is 0.258 e. The van der Waals surface area contributed by atoms with Crippen molar-refractivity contribution in [2.45, 2.75) is 25.6 Å². The summed E-state index contributed by atoms with van der Waals surface area (Å²) in [4.78, 5) is 27.3. The normalized spacial score (nSPS) is 17.8. The minimum atomic E-state index is -0.138. The Hall–Kier alpha value is -2.93. The third-order valence-corrected chi connectivity index (χ3v) is 4.84. The lowest BCUT2D eigenvalue weighted by Crippen LogP contribution is -2.41. The van der Waals surface area contributed by atoms with Gasteiger partial charge < -0.3 is 14.2 Å². The molecule has 1 aliphatic rings.